The van der Waals surface area contributed by atoms with Crippen LogP contribution in [0.25, 0.3) is 0 Å². The third kappa shape index (κ3) is 7.78. The number of hydrazone groups is 1. The van der Waals surface area contributed by atoms with Gasteiger partial charge in [0.05, 0.1) is 22.9 Å². The fraction of sp³-hybridized carbons (Fsp3) is 0.200. The third-order valence-corrected chi connectivity index (χ3v) is 6.01. The van der Waals surface area contributed by atoms with Gasteiger partial charge in [0.25, 0.3) is 5.91 Å². The minimum absolute atomic E-state index is 0.113. The lowest BCUT2D eigenvalue weighted by Crippen LogP contribution is -2.25. The van der Waals surface area contributed by atoms with Gasteiger partial charge in [-0.2, -0.15) is 5.10 Å². The first-order chi connectivity index (χ1) is 16.4. The number of aryl methyl sites for hydroxylation is 1. The first kappa shape index (κ1) is 26.1. The molecule has 1 amide bonds. The summed E-state index contributed by atoms with van der Waals surface area (Å²) in [6, 6.07) is 16.8. The molecule has 0 saturated carbocycles. The highest BCUT2D eigenvalue weighted by Gasteiger charge is 2.13. The van der Waals surface area contributed by atoms with Crippen molar-refractivity contribution >= 4 is 63.6 Å². The maximum atomic E-state index is 12.1. The summed E-state index contributed by atoms with van der Waals surface area (Å²) < 4.78 is 12.6. The molecule has 34 heavy (non-hydrogen) atoms. The molecule has 178 valence electrons. The molecule has 2 N–H and O–H groups in total. The molecule has 0 fully saturated rings. The lowest BCUT2D eigenvalue weighted by Gasteiger charge is -2.15. The number of anilines is 1. The summed E-state index contributed by atoms with van der Waals surface area (Å²) >= 11 is 14.4. The van der Waals surface area contributed by atoms with Gasteiger partial charge in [-0.3, -0.25) is 4.79 Å². The fourth-order valence-corrected chi connectivity index (χ4v) is 4.17. The fourth-order valence-electron chi connectivity index (χ4n) is 2.93. The first-order valence-corrected chi connectivity index (χ1v) is 12.3. The summed E-state index contributed by atoms with van der Waals surface area (Å²) in [6.07, 6.45) is 1.56. The van der Waals surface area contributed by atoms with E-state index in [1.165, 1.54) is 0 Å². The Kier molecular flexibility index (Phi) is 9.86. The van der Waals surface area contributed by atoms with Gasteiger partial charge in [0.2, 0.25) is 0 Å². The highest BCUT2D eigenvalue weighted by molar-refractivity contribution is 14.1. The average molecular weight is 612 g/mol. The maximum Gasteiger partial charge on any atom is 0.259 e. The molecule has 0 aliphatic carbocycles. The van der Waals surface area contributed by atoms with Gasteiger partial charge in [0, 0.05) is 21.3 Å². The molecule has 0 saturated heterocycles. The van der Waals surface area contributed by atoms with Crippen molar-refractivity contribution in [2.75, 3.05) is 18.5 Å². The van der Waals surface area contributed by atoms with Gasteiger partial charge < -0.3 is 14.8 Å². The minimum atomic E-state index is -0.253. The van der Waals surface area contributed by atoms with Gasteiger partial charge in [-0.25, -0.2) is 5.43 Å². The van der Waals surface area contributed by atoms with Crippen molar-refractivity contribution in [2.24, 2.45) is 5.10 Å². The Balaban J connectivity index is 1.62. The molecule has 3 aromatic rings. The Hall–Kier alpha value is -2.49. The first-order valence-electron chi connectivity index (χ1n) is 10.5. The predicted octanol–water partition coefficient (Wildman–Crippen LogP) is 6.45. The number of hydrogen-bond acceptors (Lipinski definition) is 5. The number of carbonyl (C=O) groups excluding carboxylic acids is 1. The van der Waals surface area contributed by atoms with Crippen LogP contribution in [0.1, 0.15) is 23.6 Å². The summed E-state index contributed by atoms with van der Waals surface area (Å²) in [5, 5.41) is 8.22. The predicted molar refractivity (Wildman–Crippen MR) is 147 cm³/mol. The van der Waals surface area contributed by atoms with E-state index in [4.69, 9.17) is 32.7 Å². The largest absolute Gasteiger partial charge is 0.490 e. The molecular weight excluding hydrogens is 588 g/mol. The van der Waals surface area contributed by atoms with Crippen LogP contribution >= 0.6 is 45.8 Å². The molecule has 0 spiro atoms. The van der Waals surface area contributed by atoms with Crippen LogP contribution in [0.3, 0.4) is 0 Å². The normalized spacial score (nSPS) is 10.9. The molecule has 0 aliphatic rings. The summed E-state index contributed by atoms with van der Waals surface area (Å²) in [5.41, 5.74) is 6.13. The van der Waals surface area contributed by atoms with Crippen molar-refractivity contribution in [1.29, 1.82) is 0 Å². The summed E-state index contributed by atoms with van der Waals surface area (Å²) in [5.74, 6) is 0.932. The van der Waals surface area contributed by atoms with E-state index >= 15 is 0 Å². The molecule has 3 rings (SSSR count). The molecule has 0 radical (unpaired) electrons. The molecule has 0 unspecified atom stereocenters. The van der Waals surface area contributed by atoms with Crippen molar-refractivity contribution in [3.8, 4) is 11.5 Å². The van der Waals surface area contributed by atoms with Gasteiger partial charge in [-0.05, 0) is 78.4 Å². The zero-order chi connectivity index (χ0) is 24.5. The van der Waals surface area contributed by atoms with E-state index in [0.29, 0.717) is 28.2 Å². The number of nitrogens with one attached hydrogen (secondary N) is 2. The summed E-state index contributed by atoms with van der Waals surface area (Å²) in [6.45, 7) is 4.76. The summed E-state index contributed by atoms with van der Waals surface area (Å²) in [7, 11) is 0. The Labute approximate surface area is 222 Å². The van der Waals surface area contributed by atoms with Gasteiger partial charge in [-0.15, -0.1) is 0 Å². The number of benzene rings is 3. The molecule has 9 heteroatoms. The van der Waals surface area contributed by atoms with Crippen molar-refractivity contribution in [1.82, 2.24) is 5.43 Å². The van der Waals surface area contributed by atoms with Crippen LogP contribution in [0, 0.1) is 10.5 Å². The van der Waals surface area contributed by atoms with Crippen LogP contribution in [-0.4, -0.2) is 25.3 Å². The monoisotopic (exact) mass is 611 g/mol. The molecule has 0 bridgehead atoms. The topological polar surface area (TPSA) is 72.0 Å². The maximum absolute atomic E-state index is 12.1. The van der Waals surface area contributed by atoms with Gasteiger partial charge in [0.15, 0.2) is 11.5 Å². The lowest BCUT2D eigenvalue weighted by atomic mass is 10.2. The molecule has 3 aromatic carbocycles. The van der Waals surface area contributed by atoms with E-state index in [1.807, 2.05) is 56.3 Å². The lowest BCUT2D eigenvalue weighted by molar-refractivity contribution is -0.119. The zero-order valence-corrected chi connectivity index (χ0v) is 22.4. The van der Waals surface area contributed by atoms with Crippen molar-refractivity contribution < 1.29 is 14.3 Å². The van der Waals surface area contributed by atoms with Crippen LogP contribution in [0.4, 0.5) is 5.69 Å². The zero-order valence-electron chi connectivity index (χ0n) is 18.7. The Morgan fingerprint density at radius 3 is 2.56 bits per heavy atom. The Bertz CT molecular complexity index is 1170. The van der Waals surface area contributed by atoms with Crippen LogP contribution in [0.2, 0.25) is 10.0 Å². The molecule has 0 aliphatic heterocycles. The van der Waals surface area contributed by atoms with Gasteiger partial charge >= 0.3 is 0 Å². The second kappa shape index (κ2) is 12.8. The quantitative estimate of drug-likeness (QED) is 0.157. The highest BCUT2D eigenvalue weighted by Crippen LogP contribution is 2.35. The van der Waals surface area contributed by atoms with Crippen LogP contribution in [0.15, 0.2) is 59.7 Å². The van der Waals surface area contributed by atoms with E-state index < -0.39 is 0 Å². The number of rotatable bonds is 10. The second-order valence-electron chi connectivity index (χ2n) is 7.30. The number of carbonyl (C=O) groups is 1. The highest BCUT2D eigenvalue weighted by atomic mass is 127. The summed E-state index contributed by atoms with van der Waals surface area (Å²) in [4.78, 5) is 12.1. The van der Waals surface area contributed by atoms with Crippen molar-refractivity contribution in [3.05, 3.63) is 84.9 Å². The van der Waals surface area contributed by atoms with Crippen LogP contribution in [-0.2, 0) is 11.4 Å². The SMILES string of the molecule is CCOc1cc(/C=N\NC(=O)CNc2ccc(C)cc2)cc(I)c1OCc1ccc(Cl)cc1Cl. The van der Waals surface area contributed by atoms with E-state index in [0.717, 1.165) is 25.9 Å². The number of nitrogens with zero attached hydrogens (tertiary/aromatic N) is 1. The molecule has 0 atom stereocenters. The van der Waals surface area contributed by atoms with Gasteiger partial charge in [-0.1, -0.05) is 47.0 Å². The van der Waals surface area contributed by atoms with Crippen LogP contribution in [0.5, 0.6) is 11.5 Å². The number of hydrogen-bond donors (Lipinski definition) is 2. The van der Waals surface area contributed by atoms with E-state index in [-0.39, 0.29) is 19.1 Å². The molecule has 0 aromatic heterocycles. The third-order valence-electron chi connectivity index (χ3n) is 4.63. The second-order valence-corrected chi connectivity index (χ2v) is 9.31. The van der Waals surface area contributed by atoms with Crippen molar-refractivity contribution in [3.63, 3.8) is 0 Å². The standard InChI is InChI=1S/C25H24Cl2IN3O3/c1-3-33-23-11-17(13-30-31-24(32)14-29-20-8-4-16(2)5-9-20)10-22(28)25(23)34-15-18-6-7-19(26)12-21(18)27/h4-13,29H,3,14-15H2,1-2H3,(H,31,32)/b30-13-. The molecule has 6 nitrogen and oxygen atoms in total. The smallest absolute Gasteiger partial charge is 0.259 e. The van der Waals surface area contributed by atoms with E-state index in [2.05, 4.69) is 38.4 Å². The minimum Gasteiger partial charge on any atom is -0.490 e. The number of ether oxygens (including phenoxy) is 2. The average Bonchev–Trinajstić information content (AvgIpc) is 2.79. The molecule has 0 heterocycles. The Morgan fingerprint density at radius 2 is 1.85 bits per heavy atom. The number of amides is 1. The molecular formula is C25H24Cl2IN3O3. The van der Waals surface area contributed by atoms with Crippen molar-refractivity contribution in [2.45, 2.75) is 20.5 Å². The van der Waals surface area contributed by atoms with Crippen LogP contribution < -0.4 is 20.2 Å². The van der Waals surface area contributed by atoms with E-state index in [1.54, 1.807) is 18.3 Å². The van der Waals surface area contributed by atoms with E-state index in [9.17, 15) is 4.79 Å². The Morgan fingerprint density at radius 1 is 1.09 bits per heavy atom. The number of halogens is 3. The van der Waals surface area contributed by atoms with Gasteiger partial charge in [0.1, 0.15) is 6.61 Å².